The first-order chi connectivity index (χ1) is 17.2. The molecule has 4 heterocycles. The van der Waals surface area contributed by atoms with Crippen molar-refractivity contribution in [1.82, 2.24) is 19.9 Å². The number of hydrogen-bond acceptors (Lipinski definition) is 6. The van der Waals surface area contributed by atoms with E-state index in [1.807, 2.05) is 41.4 Å². The third kappa shape index (κ3) is 5.44. The molecular formula is C27H28N4O4. The number of H-pyrrole nitrogens is 1. The summed E-state index contributed by atoms with van der Waals surface area (Å²) >= 11 is 0. The Hall–Kier alpha value is -3.91. The highest BCUT2D eigenvalue weighted by molar-refractivity contribution is 5.95. The highest BCUT2D eigenvalue weighted by atomic mass is 16.5. The zero-order valence-corrected chi connectivity index (χ0v) is 19.6. The maximum absolute atomic E-state index is 13.4. The highest BCUT2D eigenvalue weighted by Crippen LogP contribution is 2.29. The van der Waals surface area contributed by atoms with Gasteiger partial charge in [0, 0.05) is 48.0 Å². The van der Waals surface area contributed by atoms with Gasteiger partial charge in [0.05, 0.1) is 26.0 Å². The fourth-order valence-corrected chi connectivity index (χ4v) is 4.31. The summed E-state index contributed by atoms with van der Waals surface area (Å²) in [6, 6.07) is 17.1. The summed E-state index contributed by atoms with van der Waals surface area (Å²) in [5.41, 5.74) is 3.23. The van der Waals surface area contributed by atoms with Crippen LogP contribution in [0.15, 0.2) is 67.0 Å². The summed E-state index contributed by atoms with van der Waals surface area (Å²) < 4.78 is 17.2. The Bertz CT molecular complexity index is 1290. The minimum absolute atomic E-state index is 0.0529. The number of benzene rings is 1. The molecule has 1 aliphatic rings. The van der Waals surface area contributed by atoms with Crippen molar-refractivity contribution in [2.24, 2.45) is 5.92 Å². The van der Waals surface area contributed by atoms with Crippen molar-refractivity contribution in [2.45, 2.75) is 13.0 Å². The predicted octanol–water partition coefficient (Wildman–Crippen LogP) is 3.88. The van der Waals surface area contributed by atoms with E-state index in [2.05, 4.69) is 16.0 Å². The average Bonchev–Trinajstić information content (AvgIpc) is 3.24. The summed E-state index contributed by atoms with van der Waals surface area (Å²) in [4.78, 5) is 27.4. The van der Waals surface area contributed by atoms with Crippen LogP contribution in [0.3, 0.4) is 0 Å². The third-order valence-corrected chi connectivity index (χ3v) is 6.10. The number of aromatic amines is 1. The molecule has 35 heavy (non-hydrogen) atoms. The van der Waals surface area contributed by atoms with Crippen LogP contribution in [0.25, 0.3) is 11.0 Å². The highest BCUT2D eigenvalue weighted by Gasteiger charge is 2.25. The molecule has 1 aliphatic heterocycles. The molecule has 1 atom stereocenters. The van der Waals surface area contributed by atoms with Crippen LogP contribution in [0, 0.1) is 5.92 Å². The number of pyridine rings is 2. The normalized spacial score (nSPS) is 16.1. The zero-order chi connectivity index (χ0) is 24.0. The van der Waals surface area contributed by atoms with E-state index in [0.717, 1.165) is 28.8 Å². The lowest BCUT2D eigenvalue weighted by molar-refractivity contribution is 0.0737. The number of fused-ring (bicyclic) bond motifs is 1. The molecule has 5 rings (SSSR count). The second kappa shape index (κ2) is 10.6. The first kappa shape index (κ1) is 22.9. The number of hydrogen-bond donors (Lipinski definition) is 1. The van der Waals surface area contributed by atoms with Gasteiger partial charge in [0.2, 0.25) is 0 Å². The van der Waals surface area contributed by atoms with Gasteiger partial charge in [0.1, 0.15) is 12.3 Å². The van der Waals surface area contributed by atoms with Crippen LogP contribution in [-0.2, 0) is 17.8 Å². The van der Waals surface area contributed by atoms with Crippen molar-refractivity contribution in [3.63, 3.8) is 0 Å². The first-order valence-corrected chi connectivity index (χ1v) is 11.7. The quantitative estimate of drug-likeness (QED) is 0.439. The smallest absolute Gasteiger partial charge is 0.254 e. The molecule has 0 aliphatic carbocycles. The lowest BCUT2D eigenvalue weighted by Crippen LogP contribution is -2.36. The average molecular weight is 473 g/mol. The molecule has 1 fully saturated rings. The van der Waals surface area contributed by atoms with E-state index in [1.54, 1.807) is 31.5 Å². The van der Waals surface area contributed by atoms with Crippen molar-refractivity contribution in [1.29, 1.82) is 0 Å². The second-order valence-electron chi connectivity index (χ2n) is 8.59. The molecule has 1 N–H and O–H groups in total. The van der Waals surface area contributed by atoms with Gasteiger partial charge in [-0.05, 0) is 55.0 Å². The van der Waals surface area contributed by atoms with Crippen LogP contribution in [0.2, 0.25) is 0 Å². The van der Waals surface area contributed by atoms with Gasteiger partial charge in [-0.25, -0.2) is 4.98 Å². The molecule has 0 spiro atoms. The number of carbonyl (C=O) groups excluding carboxylic acids is 1. The summed E-state index contributed by atoms with van der Waals surface area (Å²) in [5, 5.41) is 1.09. The van der Waals surface area contributed by atoms with E-state index in [1.165, 1.54) is 0 Å². The van der Waals surface area contributed by atoms with Crippen LogP contribution < -0.4 is 9.47 Å². The number of nitrogens with zero attached hydrogens (tertiary/aromatic N) is 3. The Kier molecular flexibility index (Phi) is 6.90. The first-order valence-electron chi connectivity index (χ1n) is 11.7. The van der Waals surface area contributed by atoms with Crippen molar-refractivity contribution >= 4 is 16.9 Å². The summed E-state index contributed by atoms with van der Waals surface area (Å²) in [6.07, 6.45) is 4.35. The Morgan fingerprint density at radius 1 is 1.14 bits per heavy atom. The summed E-state index contributed by atoms with van der Waals surface area (Å²) in [6.45, 7) is 2.56. The monoisotopic (exact) mass is 472 g/mol. The van der Waals surface area contributed by atoms with Gasteiger partial charge in [-0.3, -0.25) is 9.78 Å². The van der Waals surface area contributed by atoms with Crippen LogP contribution >= 0.6 is 0 Å². The maximum Gasteiger partial charge on any atom is 0.254 e. The lowest BCUT2D eigenvalue weighted by atomic mass is 10.0. The molecule has 4 aromatic rings. The topological polar surface area (TPSA) is 89.6 Å². The van der Waals surface area contributed by atoms with E-state index in [9.17, 15) is 4.79 Å². The largest absolute Gasteiger partial charge is 0.493 e. The van der Waals surface area contributed by atoms with E-state index in [-0.39, 0.29) is 11.8 Å². The molecule has 0 radical (unpaired) electrons. The number of methoxy groups -OCH3 is 1. The molecule has 0 bridgehead atoms. The van der Waals surface area contributed by atoms with Gasteiger partial charge < -0.3 is 24.1 Å². The number of amides is 1. The second-order valence-corrected chi connectivity index (χ2v) is 8.59. The summed E-state index contributed by atoms with van der Waals surface area (Å²) in [7, 11) is 1.57. The van der Waals surface area contributed by atoms with Crippen molar-refractivity contribution in [3.05, 3.63) is 83.9 Å². The van der Waals surface area contributed by atoms with E-state index >= 15 is 0 Å². The SMILES string of the molecule is COc1cc(C(=O)N2CCOC[C@H](Cc3ccc4cc[nH]c4n3)C2)ccc1OCc1ccccn1. The molecule has 1 saturated heterocycles. The minimum Gasteiger partial charge on any atom is -0.493 e. The molecule has 180 valence electrons. The maximum atomic E-state index is 13.4. The Morgan fingerprint density at radius 3 is 2.94 bits per heavy atom. The van der Waals surface area contributed by atoms with E-state index in [4.69, 9.17) is 19.2 Å². The summed E-state index contributed by atoms with van der Waals surface area (Å²) in [5.74, 6) is 1.18. The number of nitrogens with one attached hydrogen (secondary N) is 1. The Labute approximate surface area is 203 Å². The molecule has 1 amide bonds. The molecule has 1 aromatic carbocycles. The van der Waals surface area contributed by atoms with Gasteiger partial charge in [-0.2, -0.15) is 0 Å². The molecule has 3 aromatic heterocycles. The van der Waals surface area contributed by atoms with Gasteiger partial charge in [-0.1, -0.05) is 6.07 Å². The van der Waals surface area contributed by atoms with Crippen LogP contribution in [0.4, 0.5) is 0 Å². The van der Waals surface area contributed by atoms with Gasteiger partial charge in [-0.15, -0.1) is 0 Å². The molecule has 8 heteroatoms. The van der Waals surface area contributed by atoms with Crippen molar-refractivity contribution in [2.75, 3.05) is 33.4 Å². The predicted molar refractivity (Wildman–Crippen MR) is 132 cm³/mol. The van der Waals surface area contributed by atoms with Crippen LogP contribution in [-0.4, -0.2) is 59.2 Å². The minimum atomic E-state index is -0.0529. The number of carbonyl (C=O) groups is 1. The molecule has 0 unspecified atom stereocenters. The number of rotatable bonds is 7. The van der Waals surface area contributed by atoms with Gasteiger partial charge in [0.15, 0.2) is 11.5 Å². The number of ether oxygens (including phenoxy) is 3. The fraction of sp³-hybridized carbons (Fsp3) is 0.296. The van der Waals surface area contributed by atoms with Crippen molar-refractivity contribution < 1.29 is 19.0 Å². The van der Waals surface area contributed by atoms with Gasteiger partial charge >= 0.3 is 0 Å². The number of aromatic nitrogens is 3. The fourth-order valence-electron chi connectivity index (χ4n) is 4.31. The van der Waals surface area contributed by atoms with Gasteiger partial charge in [0.25, 0.3) is 5.91 Å². The molecule has 0 saturated carbocycles. The van der Waals surface area contributed by atoms with Crippen molar-refractivity contribution in [3.8, 4) is 11.5 Å². The standard InChI is InChI=1S/C27H28N4O4/c1-33-25-15-21(6-8-24(25)35-18-23-4-2-3-10-28-23)27(32)31-12-13-34-17-19(16-31)14-22-7-5-20-9-11-29-26(20)30-22/h2-11,15,19H,12-14,16-18H2,1H3,(H,29,30)/t19-/m1/s1. The molecule has 8 nitrogen and oxygen atoms in total. The zero-order valence-electron chi connectivity index (χ0n) is 19.6. The van der Waals surface area contributed by atoms with E-state index < -0.39 is 0 Å². The lowest BCUT2D eigenvalue weighted by Gasteiger charge is -2.24. The van der Waals surface area contributed by atoms with Crippen LogP contribution in [0.5, 0.6) is 11.5 Å². The van der Waals surface area contributed by atoms with Crippen LogP contribution in [0.1, 0.15) is 21.7 Å². The third-order valence-electron chi connectivity index (χ3n) is 6.10. The Morgan fingerprint density at radius 2 is 2.09 bits per heavy atom. The van der Waals surface area contributed by atoms with E-state index in [0.29, 0.717) is 50.0 Å². The molecular weight excluding hydrogens is 444 g/mol. The Balaban J connectivity index is 1.27.